The van der Waals surface area contributed by atoms with Gasteiger partial charge in [-0.25, -0.2) is 4.79 Å². The predicted molar refractivity (Wildman–Crippen MR) is 97.5 cm³/mol. The molecule has 0 bridgehead atoms. The van der Waals surface area contributed by atoms with Crippen LogP contribution < -0.4 is 0 Å². The number of carbonyl (C=O) groups is 1. The van der Waals surface area contributed by atoms with Gasteiger partial charge in [-0.3, -0.25) is 4.90 Å². The Kier molecular flexibility index (Phi) is 5.32. The topological polar surface area (TPSA) is 117 Å². The molecule has 1 aromatic carbocycles. The van der Waals surface area contributed by atoms with E-state index in [-0.39, 0.29) is 12.1 Å². The maximum absolute atomic E-state index is 12.4. The van der Waals surface area contributed by atoms with Gasteiger partial charge in [-0.2, -0.15) is 4.98 Å². The summed E-state index contributed by atoms with van der Waals surface area (Å²) in [6, 6.07) is 7.12. The highest BCUT2D eigenvalue weighted by Crippen LogP contribution is 2.33. The van der Waals surface area contributed by atoms with Crippen LogP contribution in [0.5, 0.6) is 0 Å². The maximum Gasteiger partial charge on any atom is 0.410 e. The van der Waals surface area contributed by atoms with Gasteiger partial charge in [0.25, 0.3) is 0 Å². The summed E-state index contributed by atoms with van der Waals surface area (Å²) in [5.41, 5.74) is 9.51. The summed E-state index contributed by atoms with van der Waals surface area (Å²) in [7, 11) is 0. The van der Waals surface area contributed by atoms with Crippen molar-refractivity contribution >= 4 is 6.09 Å². The highest BCUT2D eigenvalue weighted by Gasteiger charge is 2.36. The molecule has 0 radical (unpaired) electrons. The lowest BCUT2D eigenvalue weighted by atomic mass is 10.1. The summed E-state index contributed by atoms with van der Waals surface area (Å²) >= 11 is 0. The van der Waals surface area contributed by atoms with Crippen molar-refractivity contribution in [2.75, 3.05) is 6.54 Å². The van der Waals surface area contributed by atoms with E-state index in [1.165, 1.54) is 0 Å². The third kappa shape index (κ3) is 4.57. The predicted octanol–water partition coefficient (Wildman–Crippen LogP) is 4.62. The molecule has 0 unspecified atom stereocenters. The van der Waals surface area contributed by atoms with Crippen LogP contribution >= 0.6 is 0 Å². The van der Waals surface area contributed by atoms with E-state index in [1.54, 1.807) is 4.90 Å². The van der Waals surface area contributed by atoms with Gasteiger partial charge >= 0.3 is 6.09 Å². The molecule has 27 heavy (non-hydrogen) atoms. The molecule has 0 N–H and O–H groups in total. The summed E-state index contributed by atoms with van der Waals surface area (Å²) in [5, 5.41) is 7.58. The SMILES string of the molecule is CC(C)(C)OC(=O)N1CCC[C@H]1c1nc(-c2ccc(CN=[N+]=[N-])cc2)no1. The minimum Gasteiger partial charge on any atom is -0.444 e. The fourth-order valence-corrected chi connectivity index (χ4v) is 2.92. The third-order valence-electron chi connectivity index (χ3n) is 4.14. The van der Waals surface area contributed by atoms with Crippen molar-refractivity contribution < 1.29 is 14.1 Å². The summed E-state index contributed by atoms with van der Waals surface area (Å²) in [5.74, 6) is 0.864. The van der Waals surface area contributed by atoms with E-state index < -0.39 is 5.60 Å². The second kappa shape index (κ2) is 7.67. The minimum atomic E-state index is -0.554. The Morgan fingerprint density at radius 2 is 2.15 bits per heavy atom. The van der Waals surface area contributed by atoms with Crippen molar-refractivity contribution in [3.05, 3.63) is 46.2 Å². The monoisotopic (exact) mass is 370 g/mol. The van der Waals surface area contributed by atoms with Crippen LogP contribution in [0.2, 0.25) is 0 Å². The van der Waals surface area contributed by atoms with Gasteiger partial charge in [-0.05, 0) is 44.7 Å². The van der Waals surface area contributed by atoms with Crippen molar-refractivity contribution in [3.8, 4) is 11.4 Å². The maximum atomic E-state index is 12.4. The zero-order valence-corrected chi connectivity index (χ0v) is 15.6. The number of carbonyl (C=O) groups excluding carboxylic acids is 1. The average Bonchev–Trinajstić information content (AvgIpc) is 3.27. The summed E-state index contributed by atoms with van der Waals surface area (Å²) in [4.78, 5) is 21.3. The number of benzene rings is 1. The Morgan fingerprint density at radius 1 is 1.41 bits per heavy atom. The van der Waals surface area contributed by atoms with E-state index in [0.29, 0.717) is 24.8 Å². The number of rotatable bonds is 4. The highest BCUT2D eigenvalue weighted by molar-refractivity contribution is 5.69. The lowest BCUT2D eigenvalue weighted by Crippen LogP contribution is -2.36. The molecule has 9 nitrogen and oxygen atoms in total. The average molecular weight is 370 g/mol. The molecule has 3 rings (SSSR count). The molecule has 1 aliphatic rings. The number of amides is 1. The van der Waals surface area contributed by atoms with Crippen molar-refractivity contribution in [1.29, 1.82) is 0 Å². The Balaban J connectivity index is 1.74. The normalized spacial score (nSPS) is 16.9. The summed E-state index contributed by atoms with van der Waals surface area (Å²) in [6.07, 6.45) is 1.24. The molecule has 0 spiro atoms. The smallest absolute Gasteiger partial charge is 0.410 e. The molecule has 1 amide bonds. The van der Waals surface area contributed by atoms with Gasteiger partial charge in [0.15, 0.2) is 0 Å². The zero-order chi connectivity index (χ0) is 19.4. The van der Waals surface area contributed by atoms with Gasteiger partial charge in [0.2, 0.25) is 11.7 Å². The first-order valence-corrected chi connectivity index (χ1v) is 8.81. The quantitative estimate of drug-likeness (QED) is 0.442. The molecule has 1 aliphatic heterocycles. The van der Waals surface area contributed by atoms with Crippen LogP contribution in [0.15, 0.2) is 33.9 Å². The summed E-state index contributed by atoms with van der Waals surface area (Å²) < 4.78 is 10.9. The van der Waals surface area contributed by atoms with Gasteiger partial charge in [0.1, 0.15) is 11.6 Å². The van der Waals surface area contributed by atoms with Gasteiger partial charge in [0, 0.05) is 17.0 Å². The van der Waals surface area contributed by atoms with Crippen molar-refractivity contribution in [2.45, 2.75) is 51.8 Å². The van der Waals surface area contributed by atoms with Gasteiger partial charge in [-0.1, -0.05) is 34.5 Å². The van der Waals surface area contributed by atoms with Crippen molar-refractivity contribution in [2.24, 2.45) is 5.11 Å². The molecule has 2 aromatic rings. The van der Waals surface area contributed by atoms with Crippen LogP contribution in [0, 0.1) is 0 Å². The fourth-order valence-electron chi connectivity index (χ4n) is 2.92. The van der Waals surface area contributed by atoms with E-state index in [4.69, 9.17) is 14.8 Å². The molecule has 2 heterocycles. The molecule has 1 saturated heterocycles. The Hall–Kier alpha value is -3.06. The van der Waals surface area contributed by atoms with Crippen LogP contribution in [0.1, 0.15) is 51.1 Å². The van der Waals surface area contributed by atoms with Crippen LogP contribution in [0.3, 0.4) is 0 Å². The van der Waals surface area contributed by atoms with Gasteiger partial charge in [0.05, 0.1) is 6.54 Å². The lowest BCUT2D eigenvalue weighted by Gasteiger charge is -2.26. The largest absolute Gasteiger partial charge is 0.444 e. The molecule has 0 saturated carbocycles. The molecule has 9 heteroatoms. The number of hydrogen-bond acceptors (Lipinski definition) is 6. The van der Waals surface area contributed by atoms with Gasteiger partial charge in [-0.15, -0.1) is 0 Å². The molecular formula is C18H22N6O3. The number of hydrogen-bond donors (Lipinski definition) is 0. The molecule has 1 fully saturated rings. The first kappa shape index (κ1) is 18.7. The lowest BCUT2D eigenvalue weighted by molar-refractivity contribution is 0.0199. The summed E-state index contributed by atoms with van der Waals surface area (Å²) in [6.45, 7) is 6.41. The number of aromatic nitrogens is 2. The Labute approximate surface area is 156 Å². The van der Waals surface area contributed by atoms with Crippen LogP contribution in [-0.4, -0.2) is 33.3 Å². The Bertz CT molecular complexity index is 849. The molecule has 1 aromatic heterocycles. The fraction of sp³-hybridized carbons (Fsp3) is 0.500. The van der Waals surface area contributed by atoms with E-state index in [0.717, 1.165) is 24.0 Å². The van der Waals surface area contributed by atoms with E-state index in [1.807, 2.05) is 45.0 Å². The van der Waals surface area contributed by atoms with E-state index in [9.17, 15) is 4.79 Å². The Morgan fingerprint density at radius 3 is 2.81 bits per heavy atom. The second-order valence-corrected chi connectivity index (χ2v) is 7.37. The molecule has 1 atom stereocenters. The third-order valence-corrected chi connectivity index (χ3v) is 4.14. The molecule has 0 aliphatic carbocycles. The van der Waals surface area contributed by atoms with E-state index >= 15 is 0 Å². The van der Waals surface area contributed by atoms with Crippen LogP contribution in [0.4, 0.5) is 4.79 Å². The molecule has 142 valence electrons. The number of likely N-dealkylation sites (tertiary alicyclic amines) is 1. The van der Waals surface area contributed by atoms with Gasteiger partial charge < -0.3 is 9.26 Å². The standard InChI is InChI=1S/C18H22N6O3/c1-18(2,3)26-17(25)24-10-4-5-14(24)16-21-15(22-27-16)13-8-6-12(7-9-13)11-20-23-19/h6-9,14H,4-5,10-11H2,1-3H3/t14-/m0/s1. The zero-order valence-electron chi connectivity index (χ0n) is 15.6. The van der Waals surface area contributed by atoms with Crippen molar-refractivity contribution in [3.63, 3.8) is 0 Å². The second-order valence-electron chi connectivity index (χ2n) is 7.37. The minimum absolute atomic E-state index is 0.273. The van der Waals surface area contributed by atoms with Crippen LogP contribution in [0.25, 0.3) is 21.8 Å². The van der Waals surface area contributed by atoms with Crippen molar-refractivity contribution in [1.82, 2.24) is 15.0 Å². The van der Waals surface area contributed by atoms with Crippen LogP contribution in [-0.2, 0) is 11.3 Å². The first-order chi connectivity index (χ1) is 12.9. The molecular weight excluding hydrogens is 348 g/mol. The highest BCUT2D eigenvalue weighted by atomic mass is 16.6. The van der Waals surface area contributed by atoms with E-state index in [2.05, 4.69) is 20.2 Å². The number of azide groups is 1. The number of ether oxygens (including phenoxy) is 1. The first-order valence-electron chi connectivity index (χ1n) is 8.81. The number of nitrogens with zero attached hydrogens (tertiary/aromatic N) is 6.